The van der Waals surface area contributed by atoms with E-state index < -0.39 is 39.4 Å². The smallest absolute Gasteiger partial charge is 0.338 e. The van der Waals surface area contributed by atoms with E-state index in [-0.39, 0.29) is 21.2 Å². The first-order valence-electron chi connectivity index (χ1n) is 8.34. The van der Waals surface area contributed by atoms with Gasteiger partial charge in [0.1, 0.15) is 5.82 Å². The highest BCUT2D eigenvalue weighted by Gasteiger charge is 2.35. The van der Waals surface area contributed by atoms with Crippen molar-refractivity contribution in [1.29, 1.82) is 0 Å². The second-order valence-electron chi connectivity index (χ2n) is 6.16. The molecule has 0 radical (unpaired) electrons. The second-order valence-corrected chi connectivity index (χ2v) is 8.56. The van der Waals surface area contributed by atoms with E-state index in [4.69, 9.17) is 16.3 Å². The van der Waals surface area contributed by atoms with Gasteiger partial charge in [0.2, 0.25) is 0 Å². The van der Waals surface area contributed by atoms with Gasteiger partial charge in [0, 0.05) is 5.70 Å². The van der Waals surface area contributed by atoms with Crippen LogP contribution in [0.15, 0.2) is 64.7 Å². The molecule has 0 aromatic heterocycles. The lowest BCUT2D eigenvalue weighted by atomic mass is 9.96. The highest BCUT2D eigenvalue weighted by atomic mass is 35.5. The largest absolute Gasteiger partial charge is 0.466 e. The fraction of sp³-hybridized carbons (Fsp3) is 0.158. The van der Waals surface area contributed by atoms with Gasteiger partial charge in [-0.1, -0.05) is 41.9 Å². The van der Waals surface area contributed by atoms with Gasteiger partial charge >= 0.3 is 12.0 Å². The average Bonchev–Trinajstić information content (AvgIpc) is 2.69. The van der Waals surface area contributed by atoms with E-state index in [2.05, 4.69) is 10.6 Å². The van der Waals surface area contributed by atoms with Gasteiger partial charge in [0.05, 0.1) is 34.4 Å². The van der Waals surface area contributed by atoms with Crippen LogP contribution in [0.25, 0.3) is 0 Å². The van der Waals surface area contributed by atoms with E-state index in [1.165, 1.54) is 0 Å². The highest BCUT2D eigenvalue weighted by molar-refractivity contribution is 7.91. The van der Waals surface area contributed by atoms with Crippen molar-refractivity contribution in [2.24, 2.45) is 0 Å². The first kappa shape index (κ1) is 20.8. The summed E-state index contributed by atoms with van der Waals surface area (Å²) in [5.41, 5.74) is 0.396. The van der Waals surface area contributed by atoms with Crippen molar-refractivity contribution in [3.8, 4) is 0 Å². The fourth-order valence-electron chi connectivity index (χ4n) is 2.92. The molecule has 1 aliphatic rings. The lowest BCUT2D eigenvalue weighted by Gasteiger charge is -2.29. The number of esters is 1. The van der Waals surface area contributed by atoms with E-state index >= 15 is 0 Å². The van der Waals surface area contributed by atoms with E-state index in [0.717, 1.165) is 25.3 Å². The number of benzene rings is 2. The lowest BCUT2D eigenvalue weighted by Crippen LogP contribution is -2.47. The Bertz CT molecular complexity index is 1100. The van der Waals surface area contributed by atoms with Gasteiger partial charge in [-0.3, -0.25) is 0 Å². The Labute approximate surface area is 171 Å². The van der Waals surface area contributed by atoms with Crippen molar-refractivity contribution in [3.63, 3.8) is 0 Å². The Kier molecular flexibility index (Phi) is 5.90. The number of carbonyl (C=O) groups excluding carboxylic acids is 2. The van der Waals surface area contributed by atoms with Gasteiger partial charge in [0.25, 0.3) is 0 Å². The number of nitrogens with one attached hydrogen (secondary N) is 2. The summed E-state index contributed by atoms with van der Waals surface area (Å²) < 4.78 is 43.9. The maximum absolute atomic E-state index is 13.4. The summed E-state index contributed by atoms with van der Waals surface area (Å²) in [6.07, 6.45) is 0. The molecule has 2 amide bonds. The first-order valence-corrected chi connectivity index (χ1v) is 10.4. The monoisotopic (exact) mass is 438 g/mol. The van der Waals surface area contributed by atoms with Crippen LogP contribution in [0.2, 0.25) is 5.02 Å². The number of urea groups is 1. The van der Waals surface area contributed by atoms with Gasteiger partial charge in [-0.15, -0.1) is 0 Å². The summed E-state index contributed by atoms with van der Waals surface area (Å²) in [5, 5.41) is 4.61. The summed E-state index contributed by atoms with van der Waals surface area (Å²) in [4.78, 5) is 24.4. The van der Waals surface area contributed by atoms with Gasteiger partial charge in [-0.25, -0.2) is 22.4 Å². The summed E-state index contributed by atoms with van der Waals surface area (Å²) in [6.45, 7) is 0. The molecule has 2 N–H and O–H groups in total. The number of rotatable bonds is 5. The molecule has 29 heavy (non-hydrogen) atoms. The number of hydrogen-bond acceptors (Lipinski definition) is 5. The summed E-state index contributed by atoms with van der Waals surface area (Å²) in [6, 6.07) is 9.96. The lowest BCUT2D eigenvalue weighted by molar-refractivity contribution is -0.136. The molecule has 7 nitrogen and oxygen atoms in total. The minimum atomic E-state index is -4.06. The van der Waals surface area contributed by atoms with Crippen molar-refractivity contribution < 1.29 is 27.1 Å². The van der Waals surface area contributed by atoms with Gasteiger partial charge in [-0.05, 0) is 23.8 Å². The zero-order valence-electron chi connectivity index (χ0n) is 15.1. The van der Waals surface area contributed by atoms with E-state index in [0.29, 0.717) is 5.56 Å². The maximum Gasteiger partial charge on any atom is 0.338 e. The Morgan fingerprint density at radius 1 is 1.21 bits per heavy atom. The van der Waals surface area contributed by atoms with Gasteiger partial charge < -0.3 is 15.4 Å². The van der Waals surface area contributed by atoms with Crippen LogP contribution < -0.4 is 10.6 Å². The van der Waals surface area contributed by atoms with Gasteiger partial charge in [-0.2, -0.15) is 0 Å². The van der Waals surface area contributed by atoms with E-state index in [1.54, 1.807) is 30.3 Å². The van der Waals surface area contributed by atoms with Crippen LogP contribution in [-0.4, -0.2) is 33.3 Å². The van der Waals surface area contributed by atoms with Crippen molar-refractivity contribution in [2.75, 3.05) is 12.9 Å². The molecule has 0 unspecified atom stereocenters. The SMILES string of the molecule is COC(=O)C1=C(CS(=O)(=O)c2ccc(F)c(Cl)c2)NC(=O)N[C@@H]1c1ccccc1. The summed E-state index contributed by atoms with van der Waals surface area (Å²) in [7, 11) is -2.91. The van der Waals surface area contributed by atoms with Crippen molar-refractivity contribution in [3.05, 3.63) is 76.2 Å². The Morgan fingerprint density at radius 2 is 1.90 bits per heavy atom. The zero-order valence-corrected chi connectivity index (χ0v) is 16.7. The van der Waals surface area contributed by atoms with E-state index in [9.17, 15) is 22.4 Å². The third-order valence-electron chi connectivity index (χ3n) is 4.28. The molecule has 1 atom stereocenters. The molecule has 0 fully saturated rings. The molecule has 0 bridgehead atoms. The molecule has 0 aliphatic carbocycles. The van der Waals surface area contributed by atoms with Crippen LogP contribution in [0.3, 0.4) is 0 Å². The molecule has 0 saturated carbocycles. The third kappa shape index (κ3) is 4.41. The fourth-order valence-corrected chi connectivity index (χ4v) is 4.51. The predicted octanol–water partition coefficient (Wildman–Crippen LogP) is 2.73. The molecule has 1 aliphatic heterocycles. The topological polar surface area (TPSA) is 102 Å². The molecule has 0 saturated heterocycles. The quantitative estimate of drug-likeness (QED) is 0.552. The highest BCUT2D eigenvalue weighted by Crippen LogP contribution is 2.29. The molecule has 0 spiro atoms. The van der Waals surface area contributed by atoms with E-state index in [1.807, 2.05) is 0 Å². The molecule has 2 aromatic rings. The van der Waals surface area contributed by atoms with Crippen LogP contribution in [0.5, 0.6) is 0 Å². The first-order chi connectivity index (χ1) is 13.7. The second kappa shape index (κ2) is 8.22. The number of ether oxygens (including phenoxy) is 1. The molecular weight excluding hydrogens is 423 g/mol. The van der Waals surface area contributed by atoms with Crippen LogP contribution in [0.1, 0.15) is 11.6 Å². The number of amides is 2. The number of sulfone groups is 1. The third-order valence-corrected chi connectivity index (χ3v) is 6.21. The van der Waals surface area contributed by atoms with Gasteiger partial charge in [0.15, 0.2) is 9.84 Å². The summed E-state index contributed by atoms with van der Waals surface area (Å²) >= 11 is 5.69. The minimum Gasteiger partial charge on any atom is -0.466 e. The normalized spacial score (nSPS) is 16.8. The number of halogens is 2. The van der Waals surface area contributed by atoms with Crippen molar-refractivity contribution in [2.45, 2.75) is 10.9 Å². The van der Waals surface area contributed by atoms with Crippen LogP contribution >= 0.6 is 11.6 Å². The van der Waals surface area contributed by atoms with Crippen LogP contribution in [0.4, 0.5) is 9.18 Å². The minimum absolute atomic E-state index is 0.0462. The van der Waals surface area contributed by atoms with Crippen molar-refractivity contribution >= 4 is 33.4 Å². The standard InChI is InChI=1S/C19H16ClFN2O5S/c1-28-18(24)16-15(10-29(26,27)12-7-8-14(21)13(20)9-12)22-19(25)23-17(16)11-5-3-2-4-6-11/h2-9,17H,10H2,1H3,(H2,22,23,25)/t17-/m1/s1. The molecule has 3 rings (SSSR count). The molecular formula is C19H16ClFN2O5S. The van der Waals surface area contributed by atoms with Crippen LogP contribution in [-0.2, 0) is 19.4 Å². The Balaban J connectivity index is 2.09. The molecule has 1 heterocycles. The average molecular weight is 439 g/mol. The number of hydrogen-bond donors (Lipinski definition) is 2. The molecule has 152 valence electrons. The number of carbonyl (C=O) groups is 2. The number of methoxy groups -OCH3 is 1. The maximum atomic E-state index is 13.4. The Hall–Kier alpha value is -2.91. The molecule has 10 heteroatoms. The predicted molar refractivity (Wildman–Crippen MR) is 103 cm³/mol. The van der Waals surface area contributed by atoms with Crippen LogP contribution in [0, 0.1) is 5.82 Å². The molecule has 2 aromatic carbocycles. The zero-order chi connectivity index (χ0) is 21.2. The summed E-state index contributed by atoms with van der Waals surface area (Å²) in [5.74, 6) is -2.27. The van der Waals surface area contributed by atoms with Crippen molar-refractivity contribution in [1.82, 2.24) is 10.6 Å². The Morgan fingerprint density at radius 3 is 2.52 bits per heavy atom.